The second kappa shape index (κ2) is 4.15. The molecule has 0 aliphatic carbocycles. The predicted octanol–water partition coefficient (Wildman–Crippen LogP) is 2.22. The summed E-state index contributed by atoms with van der Waals surface area (Å²) >= 11 is 0. The zero-order valence-corrected chi connectivity index (χ0v) is 6.40. The quantitative estimate of drug-likeness (QED) is 0.540. The van der Waals surface area contributed by atoms with Crippen LogP contribution in [0.3, 0.4) is 0 Å². The molecule has 0 saturated carbocycles. The van der Waals surface area contributed by atoms with Gasteiger partial charge in [0.15, 0.2) is 0 Å². The van der Waals surface area contributed by atoms with Crippen LogP contribution in [0.25, 0.3) is 0 Å². The fourth-order valence-electron chi connectivity index (χ4n) is 1.10. The van der Waals surface area contributed by atoms with Crippen LogP contribution in [-0.2, 0) is 0 Å². The number of hydrogen-bond acceptors (Lipinski definition) is 1. The third-order valence-electron chi connectivity index (χ3n) is 1.76. The van der Waals surface area contributed by atoms with Crippen LogP contribution in [0.2, 0.25) is 0 Å². The number of hydrogen-bond donors (Lipinski definition) is 1. The summed E-state index contributed by atoms with van der Waals surface area (Å²) < 4.78 is 0. The van der Waals surface area contributed by atoms with Crippen molar-refractivity contribution in [2.45, 2.75) is 25.7 Å². The summed E-state index contributed by atoms with van der Waals surface area (Å²) in [6.07, 6.45) is 9.16. The smallest absolute Gasteiger partial charge is 0.0141 e. The summed E-state index contributed by atoms with van der Waals surface area (Å²) in [5, 5.41) is 3.22. The van der Waals surface area contributed by atoms with Crippen LogP contribution in [0.15, 0.2) is 24.4 Å². The van der Waals surface area contributed by atoms with Gasteiger partial charge >= 0.3 is 0 Å². The molecule has 1 nitrogen and oxygen atoms in total. The lowest BCUT2D eigenvalue weighted by Crippen LogP contribution is -2.05. The van der Waals surface area contributed by atoms with Crippen molar-refractivity contribution < 1.29 is 0 Å². The molecule has 0 radical (unpaired) electrons. The number of nitrogens with one attached hydrogen (secondary N) is 1. The minimum atomic E-state index is 1.11. The molecular formula is C9H15N. The molecule has 1 aliphatic heterocycles. The molecule has 1 heteroatoms. The van der Waals surface area contributed by atoms with Crippen LogP contribution in [0.5, 0.6) is 0 Å². The fraction of sp³-hybridized carbons (Fsp3) is 0.556. The summed E-state index contributed by atoms with van der Waals surface area (Å²) in [4.78, 5) is 0. The van der Waals surface area contributed by atoms with Gasteiger partial charge in [-0.25, -0.2) is 0 Å². The van der Waals surface area contributed by atoms with E-state index < -0.39 is 0 Å². The third-order valence-corrected chi connectivity index (χ3v) is 1.76. The van der Waals surface area contributed by atoms with Crippen LogP contribution in [0, 0.1) is 0 Å². The van der Waals surface area contributed by atoms with E-state index in [2.05, 4.69) is 18.0 Å². The number of rotatable bonds is 0. The van der Waals surface area contributed by atoms with E-state index in [9.17, 15) is 0 Å². The minimum absolute atomic E-state index is 1.11. The third kappa shape index (κ3) is 2.72. The highest BCUT2D eigenvalue weighted by atomic mass is 14.8. The van der Waals surface area contributed by atoms with Gasteiger partial charge in [-0.2, -0.15) is 0 Å². The highest BCUT2D eigenvalue weighted by Gasteiger charge is 1.93. The molecule has 0 amide bonds. The van der Waals surface area contributed by atoms with Crippen molar-refractivity contribution >= 4 is 0 Å². The Hall–Kier alpha value is -0.720. The maximum absolute atomic E-state index is 3.93. The first kappa shape index (κ1) is 7.39. The molecule has 0 saturated heterocycles. The monoisotopic (exact) mass is 137 g/mol. The molecule has 10 heavy (non-hydrogen) atoms. The van der Waals surface area contributed by atoms with Crippen molar-refractivity contribution in [2.75, 3.05) is 6.54 Å². The molecule has 1 N–H and O–H groups in total. The molecule has 0 atom stereocenters. The fourth-order valence-corrected chi connectivity index (χ4v) is 1.10. The Morgan fingerprint density at radius 3 is 3.10 bits per heavy atom. The largest absolute Gasteiger partial charge is 0.391 e. The van der Waals surface area contributed by atoms with Gasteiger partial charge in [-0.05, 0) is 31.5 Å². The number of allylic oxidation sites excluding steroid dienone is 2. The van der Waals surface area contributed by atoms with Crippen LogP contribution in [0.1, 0.15) is 25.7 Å². The molecule has 0 fully saturated rings. The van der Waals surface area contributed by atoms with Crippen molar-refractivity contribution in [3.63, 3.8) is 0 Å². The van der Waals surface area contributed by atoms with Crippen LogP contribution >= 0.6 is 0 Å². The summed E-state index contributed by atoms with van der Waals surface area (Å²) in [7, 11) is 0. The second-order valence-electron chi connectivity index (χ2n) is 2.76. The molecular weight excluding hydrogens is 122 g/mol. The van der Waals surface area contributed by atoms with Gasteiger partial charge in [-0.3, -0.25) is 0 Å². The SMILES string of the molecule is C=C1/C=C\NCCCCC1. The lowest BCUT2D eigenvalue weighted by Gasteiger charge is -1.96. The van der Waals surface area contributed by atoms with Crippen molar-refractivity contribution in [2.24, 2.45) is 0 Å². The molecule has 0 bridgehead atoms. The Balaban J connectivity index is 2.35. The van der Waals surface area contributed by atoms with E-state index in [4.69, 9.17) is 0 Å². The minimum Gasteiger partial charge on any atom is -0.391 e. The average Bonchev–Trinajstić information content (AvgIpc) is 2.02. The highest BCUT2D eigenvalue weighted by Crippen LogP contribution is 2.08. The van der Waals surface area contributed by atoms with E-state index in [1.54, 1.807) is 0 Å². The molecule has 56 valence electrons. The van der Waals surface area contributed by atoms with Gasteiger partial charge in [0.2, 0.25) is 0 Å². The molecule has 1 aliphatic rings. The van der Waals surface area contributed by atoms with Gasteiger partial charge in [0, 0.05) is 6.54 Å². The van der Waals surface area contributed by atoms with Gasteiger partial charge in [-0.15, -0.1) is 0 Å². The maximum Gasteiger partial charge on any atom is 0.0141 e. The van der Waals surface area contributed by atoms with Crippen molar-refractivity contribution in [3.8, 4) is 0 Å². The van der Waals surface area contributed by atoms with E-state index in [1.807, 2.05) is 6.20 Å². The summed E-state index contributed by atoms with van der Waals surface area (Å²) in [6, 6.07) is 0. The topological polar surface area (TPSA) is 12.0 Å². The van der Waals surface area contributed by atoms with Crippen molar-refractivity contribution in [1.29, 1.82) is 0 Å². The first-order valence-electron chi connectivity index (χ1n) is 3.97. The van der Waals surface area contributed by atoms with Gasteiger partial charge in [0.05, 0.1) is 0 Å². The summed E-state index contributed by atoms with van der Waals surface area (Å²) in [6.45, 7) is 5.05. The standard InChI is InChI=1S/C9H15N/c1-9-5-3-2-4-7-10-8-6-9/h6,8,10H,1-5,7H2/b8-6-. The van der Waals surface area contributed by atoms with E-state index in [0.29, 0.717) is 0 Å². The van der Waals surface area contributed by atoms with Crippen LogP contribution in [-0.4, -0.2) is 6.54 Å². The van der Waals surface area contributed by atoms with Crippen LogP contribution in [0.4, 0.5) is 0 Å². The second-order valence-corrected chi connectivity index (χ2v) is 2.76. The molecule has 0 spiro atoms. The van der Waals surface area contributed by atoms with Gasteiger partial charge < -0.3 is 5.32 Å². The van der Waals surface area contributed by atoms with Crippen molar-refractivity contribution in [3.05, 3.63) is 24.4 Å². The van der Waals surface area contributed by atoms with Crippen LogP contribution < -0.4 is 5.32 Å². The molecule has 1 rings (SSSR count). The molecule has 0 aromatic carbocycles. The molecule has 0 aromatic heterocycles. The first-order valence-corrected chi connectivity index (χ1v) is 3.97. The zero-order valence-electron chi connectivity index (χ0n) is 6.40. The molecule has 1 heterocycles. The predicted molar refractivity (Wildman–Crippen MR) is 44.8 cm³/mol. The van der Waals surface area contributed by atoms with Gasteiger partial charge in [-0.1, -0.05) is 18.6 Å². The van der Waals surface area contributed by atoms with E-state index in [1.165, 1.54) is 24.8 Å². The zero-order chi connectivity index (χ0) is 7.23. The average molecular weight is 137 g/mol. The normalized spacial score (nSPS) is 23.8. The molecule has 0 unspecified atom stereocenters. The Bertz CT molecular complexity index is 136. The van der Waals surface area contributed by atoms with E-state index in [0.717, 1.165) is 13.0 Å². The molecule has 0 aromatic rings. The Morgan fingerprint density at radius 2 is 2.20 bits per heavy atom. The maximum atomic E-state index is 3.93. The Morgan fingerprint density at radius 1 is 1.30 bits per heavy atom. The lowest BCUT2D eigenvalue weighted by atomic mass is 10.1. The van der Waals surface area contributed by atoms with E-state index in [-0.39, 0.29) is 0 Å². The summed E-state index contributed by atoms with van der Waals surface area (Å²) in [5.41, 5.74) is 1.24. The highest BCUT2D eigenvalue weighted by molar-refractivity contribution is 5.13. The van der Waals surface area contributed by atoms with Crippen molar-refractivity contribution in [1.82, 2.24) is 5.32 Å². The van der Waals surface area contributed by atoms with Gasteiger partial charge in [0.1, 0.15) is 0 Å². The van der Waals surface area contributed by atoms with E-state index >= 15 is 0 Å². The lowest BCUT2D eigenvalue weighted by molar-refractivity contribution is 0.664. The van der Waals surface area contributed by atoms with Gasteiger partial charge in [0.25, 0.3) is 0 Å². The summed E-state index contributed by atoms with van der Waals surface area (Å²) in [5.74, 6) is 0. The first-order chi connectivity index (χ1) is 4.89. The Kier molecular flexibility index (Phi) is 3.07. The Labute approximate surface area is 62.8 Å².